The van der Waals surface area contributed by atoms with E-state index in [4.69, 9.17) is 21.1 Å². The number of halogens is 1. The summed E-state index contributed by atoms with van der Waals surface area (Å²) in [7, 11) is 1.50. The van der Waals surface area contributed by atoms with Crippen molar-refractivity contribution in [1.29, 1.82) is 0 Å². The van der Waals surface area contributed by atoms with E-state index in [2.05, 4.69) is 10.9 Å². The minimum atomic E-state index is -0.484. The zero-order chi connectivity index (χ0) is 19.8. The number of hydrazine groups is 1. The third-order valence-electron chi connectivity index (χ3n) is 3.65. The Morgan fingerprint density at radius 1 is 1.19 bits per heavy atom. The van der Waals surface area contributed by atoms with Crippen LogP contribution in [0, 0.1) is 6.92 Å². The molecule has 7 heteroatoms. The molecule has 0 aliphatic heterocycles. The van der Waals surface area contributed by atoms with Crippen molar-refractivity contribution in [3.8, 4) is 11.5 Å². The van der Waals surface area contributed by atoms with Crippen LogP contribution in [0.2, 0.25) is 5.02 Å². The van der Waals surface area contributed by atoms with Crippen molar-refractivity contribution in [3.05, 3.63) is 64.2 Å². The summed E-state index contributed by atoms with van der Waals surface area (Å²) >= 11 is 6.17. The van der Waals surface area contributed by atoms with E-state index in [0.29, 0.717) is 34.3 Å². The van der Waals surface area contributed by atoms with Crippen molar-refractivity contribution >= 4 is 29.5 Å². The summed E-state index contributed by atoms with van der Waals surface area (Å²) in [6, 6.07) is 10.5. The number of nitrogens with one attached hydrogen (secondary N) is 2. The topological polar surface area (TPSA) is 76.7 Å². The summed E-state index contributed by atoms with van der Waals surface area (Å²) in [4.78, 5) is 24.0. The van der Waals surface area contributed by atoms with Crippen molar-refractivity contribution in [3.63, 3.8) is 0 Å². The number of benzene rings is 2. The van der Waals surface area contributed by atoms with Gasteiger partial charge in [0.15, 0.2) is 11.5 Å². The molecule has 6 nitrogen and oxygen atoms in total. The Labute approximate surface area is 163 Å². The van der Waals surface area contributed by atoms with Gasteiger partial charge in [-0.1, -0.05) is 29.8 Å². The van der Waals surface area contributed by atoms with Gasteiger partial charge in [0.1, 0.15) is 0 Å². The number of rotatable bonds is 6. The molecule has 0 heterocycles. The molecule has 0 radical (unpaired) electrons. The van der Waals surface area contributed by atoms with Crippen LogP contribution in [0.25, 0.3) is 6.08 Å². The van der Waals surface area contributed by atoms with Gasteiger partial charge in [0.05, 0.1) is 18.7 Å². The zero-order valence-corrected chi connectivity index (χ0v) is 16.1. The first-order valence-corrected chi connectivity index (χ1v) is 8.68. The van der Waals surface area contributed by atoms with Crippen molar-refractivity contribution < 1.29 is 19.1 Å². The summed E-state index contributed by atoms with van der Waals surface area (Å²) in [5.41, 5.74) is 6.68. The van der Waals surface area contributed by atoms with Crippen molar-refractivity contribution in [2.45, 2.75) is 13.8 Å². The van der Waals surface area contributed by atoms with Crippen LogP contribution in [-0.4, -0.2) is 25.5 Å². The van der Waals surface area contributed by atoms with Crippen LogP contribution >= 0.6 is 11.6 Å². The number of carbonyl (C=O) groups is 2. The van der Waals surface area contributed by atoms with Gasteiger partial charge in [-0.3, -0.25) is 20.4 Å². The third kappa shape index (κ3) is 5.49. The van der Waals surface area contributed by atoms with Crippen LogP contribution in [0.5, 0.6) is 11.5 Å². The maximum atomic E-state index is 12.1. The Hall–Kier alpha value is -2.99. The molecule has 0 aromatic heterocycles. The maximum Gasteiger partial charge on any atom is 0.269 e. The maximum absolute atomic E-state index is 12.1. The minimum absolute atomic E-state index is 0.372. The fourth-order valence-electron chi connectivity index (χ4n) is 2.37. The number of hydrogen-bond acceptors (Lipinski definition) is 4. The minimum Gasteiger partial charge on any atom is -0.491 e. The van der Waals surface area contributed by atoms with Gasteiger partial charge in [-0.15, -0.1) is 0 Å². The molecule has 0 fully saturated rings. The Kier molecular flexibility index (Phi) is 7.25. The number of amides is 2. The monoisotopic (exact) mass is 388 g/mol. The molecule has 2 aromatic carbocycles. The molecular weight excluding hydrogens is 368 g/mol. The summed E-state index contributed by atoms with van der Waals surface area (Å²) in [6.07, 6.45) is 2.84. The fourth-order valence-corrected chi connectivity index (χ4v) is 2.67. The molecule has 0 aliphatic rings. The molecule has 142 valence electrons. The second kappa shape index (κ2) is 9.64. The SMILES string of the molecule is CCOc1cc(/C=C/C(=O)NNC(=O)c2ccccc2C)cc(Cl)c1OC. The Morgan fingerprint density at radius 3 is 2.59 bits per heavy atom. The lowest BCUT2D eigenvalue weighted by molar-refractivity contribution is -0.117. The number of aryl methyl sites for hydroxylation is 1. The van der Waals surface area contributed by atoms with Crippen molar-refractivity contribution in [1.82, 2.24) is 10.9 Å². The van der Waals surface area contributed by atoms with E-state index in [1.807, 2.05) is 26.0 Å². The van der Waals surface area contributed by atoms with E-state index in [0.717, 1.165) is 5.56 Å². The first-order valence-electron chi connectivity index (χ1n) is 8.30. The van der Waals surface area contributed by atoms with Crippen LogP contribution in [0.15, 0.2) is 42.5 Å². The number of carbonyl (C=O) groups excluding carboxylic acids is 2. The van der Waals surface area contributed by atoms with Crippen LogP contribution in [0.3, 0.4) is 0 Å². The van der Waals surface area contributed by atoms with E-state index >= 15 is 0 Å². The van der Waals surface area contributed by atoms with Crippen molar-refractivity contribution in [2.75, 3.05) is 13.7 Å². The molecule has 0 spiro atoms. The second-order valence-electron chi connectivity index (χ2n) is 5.56. The normalized spacial score (nSPS) is 10.5. The summed E-state index contributed by atoms with van der Waals surface area (Å²) < 4.78 is 10.7. The van der Waals surface area contributed by atoms with Gasteiger partial charge in [0.2, 0.25) is 0 Å². The molecule has 2 amide bonds. The largest absolute Gasteiger partial charge is 0.491 e. The number of methoxy groups -OCH3 is 1. The van der Waals surface area contributed by atoms with E-state index in [1.54, 1.807) is 30.3 Å². The van der Waals surface area contributed by atoms with E-state index in [1.165, 1.54) is 13.2 Å². The quantitative estimate of drug-likeness (QED) is 0.586. The predicted molar refractivity (Wildman–Crippen MR) is 105 cm³/mol. The van der Waals surface area contributed by atoms with Crippen LogP contribution < -0.4 is 20.3 Å². The lowest BCUT2D eigenvalue weighted by Crippen LogP contribution is -2.41. The zero-order valence-electron chi connectivity index (χ0n) is 15.3. The molecule has 2 rings (SSSR count). The molecule has 0 aliphatic carbocycles. The van der Waals surface area contributed by atoms with Gasteiger partial charge in [-0.05, 0) is 49.2 Å². The highest BCUT2D eigenvalue weighted by atomic mass is 35.5. The molecule has 0 atom stereocenters. The molecular formula is C20H21ClN2O4. The van der Waals surface area contributed by atoms with Gasteiger partial charge in [-0.25, -0.2) is 0 Å². The van der Waals surface area contributed by atoms with Crippen LogP contribution in [0.1, 0.15) is 28.4 Å². The van der Waals surface area contributed by atoms with E-state index < -0.39 is 5.91 Å². The molecule has 0 unspecified atom stereocenters. The lowest BCUT2D eigenvalue weighted by atomic mass is 10.1. The Bertz CT molecular complexity index is 865. The Balaban J connectivity index is 2.02. The smallest absolute Gasteiger partial charge is 0.269 e. The lowest BCUT2D eigenvalue weighted by Gasteiger charge is -2.11. The molecule has 2 aromatic rings. The van der Waals surface area contributed by atoms with E-state index in [9.17, 15) is 9.59 Å². The first-order chi connectivity index (χ1) is 13.0. The number of ether oxygens (including phenoxy) is 2. The predicted octanol–water partition coefficient (Wildman–Crippen LogP) is 3.53. The molecule has 27 heavy (non-hydrogen) atoms. The third-order valence-corrected chi connectivity index (χ3v) is 3.93. The van der Waals surface area contributed by atoms with Gasteiger partial charge in [-0.2, -0.15) is 0 Å². The van der Waals surface area contributed by atoms with Crippen LogP contribution in [-0.2, 0) is 4.79 Å². The summed E-state index contributed by atoms with van der Waals surface area (Å²) in [5.74, 6) is 0.0498. The van der Waals surface area contributed by atoms with Gasteiger partial charge < -0.3 is 9.47 Å². The fraction of sp³-hybridized carbons (Fsp3) is 0.200. The summed E-state index contributed by atoms with van der Waals surface area (Å²) in [6.45, 7) is 4.12. The molecule has 0 saturated heterocycles. The Morgan fingerprint density at radius 2 is 1.93 bits per heavy atom. The van der Waals surface area contributed by atoms with Gasteiger partial charge in [0.25, 0.3) is 11.8 Å². The first kappa shape index (κ1) is 20.3. The number of hydrogen-bond donors (Lipinski definition) is 2. The molecule has 0 bridgehead atoms. The van der Waals surface area contributed by atoms with Gasteiger partial charge >= 0.3 is 0 Å². The highest BCUT2D eigenvalue weighted by Gasteiger charge is 2.11. The van der Waals surface area contributed by atoms with Crippen molar-refractivity contribution in [2.24, 2.45) is 0 Å². The second-order valence-corrected chi connectivity index (χ2v) is 5.97. The van der Waals surface area contributed by atoms with Gasteiger partial charge in [0, 0.05) is 11.6 Å². The average Bonchev–Trinajstić information content (AvgIpc) is 2.65. The average molecular weight is 389 g/mol. The van der Waals surface area contributed by atoms with E-state index in [-0.39, 0.29) is 5.91 Å². The highest BCUT2D eigenvalue weighted by molar-refractivity contribution is 6.32. The molecule has 2 N–H and O–H groups in total. The highest BCUT2D eigenvalue weighted by Crippen LogP contribution is 2.36. The summed E-state index contributed by atoms with van der Waals surface area (Å²) in [5, 5.41) is 0.372. The molecule has 0 saturated carbocycles. The standard InChI is InChI=1S/C20H21ClN2O4/c1-4-27-17-12-14(11-16(21)19(17)26-3)9-10-18(24)22-23-20(25)15-8-6-5-7-13(15)2/h5-12H,4H2,1-3H3,(H,22,24)(H,23,25)/b10-9+. The van der Waals surface area contributed by atoms with Crippen LogP contribution in [0.4, 0.5) is 0 Å².